The van der Waals surface area contributed by atoms with E-state index in [1.165, 1.54) is 0 Å². The quantitative estimate of drug-likeness (QED) is 0.904. The first-order valence-corrected chi connectivity index (χ1v) is 7.16. The lowest BCUT2D eigenvalue weighted by Gasteiger charge is -2.28. The molecule has 2 atom stereocenters. The van der Waals surface area contributed by atoms with Crippen molar-refractivity contribution in [3.8, 4) is 5.75 Å². The molecule has 18 heavy (non-hydrogen) atoms. The summed E-state index contributed by atoms with van der Waals surface area (Å²) < 4.78 is 6.12. The van der Waals surface area contributed by atoms with Crippen LogP contribution in [0.3, 0.4) is 0 Å². The monoisotopic (exact) mass is 287 g/mol. The van der Waals surface area contributed by atoms with E-state index in [9.17, 15) is 0 Å². The fourth-order valence-corrected chi connectivity index (χ4v) is 2.79. The molecule has 4 heteroatoms. The Morgan fingerprint density at radius 3 is 2.72 bits per heavy atom. The third kappa shape index (κ3) is 3.11. The van der Waals surface area contributed by atoms with Crippen LogP contribution in [-0.4, -0.2) is 19.2 Å². The Hall–Kier alpha value is -0.440. The van der Waals surface area contributed by atoms with Crippen LogP contribution in [0.4, 0.5) is 0 Å². The summed E-state index contributed by atoms with van der Waals surface area (Å²) in [6, 6.07) is 5.53. The van der Waals surface area contributed by atoms with Gasteiger partial charge in [0.05, 0.1) is 5.02 Å². The van der Waals surface area contributed by atoms with Crippen molar-refractivity contribution in [2.75, 3.05) is 13.1 Å². The van der Waals surface area contributed by atoms with E-state index in [0.29, 0.717) is 27.6 Å². The van der Waals surface area contributed by atoms with Crippen molar-refractivity contribution in [3.05, 3.63) is 28.2 Å². The van der Waals surface area contributed by atoms with Gasteiger partial charge in [0.15, 0.2) is 0 Å². The molecule has 0 radical (unpaired) electrons. The molecule has 0 amide bonds. The number of halogens is 2. The average Bonchev–Trinajstić information content (AvgIpc) is 2.84. The van der Waals surface area contributed by atoms with Crippen LogP contribution in [0.1, 0.15) is 20.3 Å². The lowest BCUT2D eigenvalue weighted by atomic mass is 9.92. The molecule has 1 aromatic rings. The van der Waals surface area contributed by atoms with Gasteiger partial charge in [-0.15, -0.1) is 0 Å². The van der Waals surface area contributed by atoms with Crippen LogP contribution in [0.25, 0.3) is 0 Å². The summed E-state index contributed by atoms with van der Waals surface area (Å²) in [6.45, 7) is 6.45. The van der Waals surface area contributed by atoms with Crippen molar-refractivity contribution in [1.82, 2.24) is 5.32 Å². The van der Waals surface area contributed by atoms with Gasteiger partial charge >= 0.3 is 0 Å². The maximum Gasteiger partial charge on any atom is 0.139 e. The summed E-state index contributed by atoms with van der Waals surface area (Å²) in [5.74, 6) is 1.68. The summed E-state index contributed by atoms with van der Waals surface area (Å²) in [7, 11) is 0. The molecule has 1 heterocycles. The molecule has 1 aliphatic rings. The third-order valence-corrected chi connectivity index (χ3v) is 4.20. The molecule has 1 unspecified atom stereocenters. The Kier molecular flexibility index (Phi) is 4.77. The van der Waals surface area contributed by atoms with Gasteiger partial charge in [0.25, 0.3) is 0 Å². The van der Waals surface area contributed by atoms with E-state index in [1.807, 2.05) is 12.1 Å². The average molecular weight is 288 g/mol. The molecule has 1 aromatic carbocycles. The summed E-state index contributed by atoms with van der Waals surface area (Å²) >= 11 is 12.2. The van der Waals surface area contributed by atoms with Gasteiger partial charge in [-0.05, 0) is 31.0 Å². The highest BCUT2D eigenvalue weighted by molar-refractivity contribution is 6.42. The van der Waals surface area contributed by atoms with Crippen molar-refractivity contribution >= 4 is 23.2 Å². The molecule has 0 aromatic heterocycles. The fourth-order valence-electron chi connectivity index (χ4n) is 2.46. The van der Waals surface area contributed by atoms with Gasteiger partial charge in [0.2, 0.25) is 0 Å². The van der Waals surface area contributed by atoms with Crippen LogP contribution in [0.2, 0.25) is 10.0 Å². The van der Waals surface area contributed by atoms with E-state index in [4.69, 9.17) is 27.9 Å². The van der Waals surface area contributed by atoms with Gasteiger partial charge in [-0.1, -0.05) is 43.1 Å². The predicted molar refractivity (Wildman–Crippen MR) is 76.7 cm³/mol. The molecule has 0 saturated carbocycles. The highest BCUT2D eigenvalue weighted by Crippen LogP contribution is 2.34. The Labute approximate surface area is 119 Å². The number of nitrogens with one attached hydrogen (secondary N) is 1. The summed E-state index contributed by atoms with van der Waals surface area (Å²) in [5.41, 5.74) is 0. The number of rotatable bonds is 4. The number of benzene rings is 1. The van der Waals surface area contributed by atoms with Crippen LogP contribution >= 0.6 is 23.2 Å². The van der Waals surface area contributed by atoms with Gasteiger partial charge in [0, 0.05) is 12.5 Å². The van der Waals surface area contributed by atoms with Crippen molar-refractivity contribution in [2.45, 2.75) is 26.4 Å². The summed E-state index contributed by atoms with van der Waals surface area (Å²) in [5, 5.41) is 4.43. The maximum atomic E-state index is 6.18. The van der Waals surface area contributed by atoms with E-state index >= 15 is 0 Å². The second-order valence-electron chi connectivity index (χ2n) is 5.13. The lowest BCUT2D eigenvalue weighted by Crippen LogP contribution is -2.33. The fraction of sp³-hybridized carbons (Fsp3) is 0.571. The zero-order valence-electron chi connectivity index (χ0n) is 10.7. The molecule has 2 nitrogen and oxygen atoms in total. The molecule has 0 spiro atoms. The minimum absolute atomic E-state index is 0.177. The molecule has 2 rings (SSSR count). The SMILES string of the molecule is CC(C)[C@H](Oc1cccc(Cl)c1Cl)C1CCNC1. The molecule has 0 bridgehead atoms. The molecule has 1 saturated heterocycles. The van der Waals surface area contributed by atoms with E-state index in [1.54, 1.807) is 6.07 Å². The van der Waals surface area contributed by atoms with Gasteiger partial charge < -0.3 is 10.1 Å². The molecule has 1 fully saturated rings. The smallest absolute Gasteiger partial charge is 0.139 e. The molecular formula is C14H19Cl2NO. The van der Waals surface area contributed by atoms with E-state index in [-0.39, 0.29) is 6.10 Å². The van der Waals surface area contributed by atoms with Gasteiger partial charge in [-0.2, -0.15) is 0 Å². The van der Waals surface area contributed by atoms with Crippen LogP contribution in [-0.2, 0) is 0 Å². The Morgan fingerprint density at radius 1 is 1.33 bits per heavy atom. The first-order valence-electron chi connectivity index (χ1n) is 6.41. The van der Waals surface area contributed by atoms with Crippen molar-refractivity contribution < 1.29 is 4.74 Å². The van der Waals surface area contributed by atoms with Crippen molar-refractivity contribution in [1.29, 1.82) is 0 Å². The van der Waals surface area contributed by atoms with Crippen LogP contribution < -0.4 is 10.1 Å². The number of hydrogen-bond acceptors (Lipinski definition) is 2. The Bertz CT molecular complexity index is 403. The molecule has 1 N–H and O–H groups in total. The van der Waals surface area contributed by atoms with E-state index in [2.05, 4.69) is 19.2 Å². The number of ether oxygens (including phenoxy) is 1. The lowest BCUT2D eigenvalue weighted by molar-refractivity contribution is 0.0975. The predicted octanol–water partition coefficient (Wildman–Crippen LogP) is 4.01. The molecule has 100 valence electrons. The molecule has 0 aliphatic carbocycles. The van der Waals surface area contributed by atoms with E-state index < -0.39 is 0 Å². The Morgan fingerprint density at radius 2 is 2.11 bits per heavy atom. The number of hydrogen-bond donors (Lipinski definition) is 1. The van der Waals surface area contributed by atoms with Gasteiger partial charge in [-0.3, -0.25) is 0 Å². The largest absolute Gasteiger partial charge is 0.488 e. The second kappa shape index (κ2) is 6.14. The zero-order chi connectivity index (χ0) is 13.1. The van der Waals surface area contributed by atoms with Crippen LogP contribution in [0.15, 0.2) is 18.2 Å². The highest BCUT2D eigenvalue weighted by atomic mass is 35.5. The summed E-state index contributed by atoms with van der Waals surface area (Å²) in [4.78, 5) is 0. The van der Waals surface area contributed by atoms with Crippen LogP contribution in [0, 0.1) is 11.8 Å². The van der Waals surface area contributed by atoms with Gasteiger partial charge in [-0.25, -0.2) is 0 Å². The standard InChI is InChI=1S/C14H19Cl2NO/c1-9(2)14(10-6-7-17-8-10)18-12-5-3-4-11(15)13(12)16/h3-5,9-10,14,17H,6-8H2,1-2H3/t10?,14-/m0/s1. The third-order valence-electron chi connectivity index (χ3n) is 3.40. The van der Waals surface area contributed by atoms with Gasteiger partial charge in [0.1, 0.15) is 16.9 Å². The zero-order valence-corrected chi connectivity index (χ0v) is 12.3. The minimum Gasteiger partial charge on any atom is -0.488 e. The van der Waals surface area contributed by atoms with E-state index in [0.717, 1.165) is 19.5 Å². The maximum absolute atomic E-state index is 6.18. The van der Waals surface area contributed by atoms with Crippen LogP contribution in [0.5, 0.6) is 5.75 Å². The normalized spacial score (nSPS) is 21.3. The Balaban J connectivity index is 2.15. The topological polar surface area (TPSA) is 21.3 Å². The second-order valence-corrected chi connectivity index (χ2v) is 5.92. The first kappa shape index (κ1) is 14.0. The van der Waals surface area contributed by atoms with Crippen molar-refractivity contribution in [2.24, 2.45) is 11.8 Å². The molecule has 1 aliphatic heterocycles. The highest BCUT2D eigenvalue weighted by Gasteiger charge is 2.29. The minimum atomic E-state index is 0.177. The summed E-state index contributed by atoms with van der Waals surface area (Å²) in [6.07, 6.45) is 1.33. The van der Waals surface area contributed by atoms with Crippen molar-refractivity contribution in [3.63, 3.8) is 0 Å². The molecular weight excluding hydrogens is 269 g/mol. The first-order chi connectivity index (χ1) is 8.59.